The monoisotopic (exact) mass is 308 g/mol. The van der Waals surface area contributed by atoms with Crippen molar-refractivity contribution in [2.45, 2.75) is 13.0 Å². The number of halogens is 2. The van der Waals surface area contributed by atoms with Gasteiger partial charge in [0.25, 0.3) is 0 Å². The molecular weight excluding hydrogens is 295 g/mol. The maximum absolute atomic E-state index is 13.3. The molecule has 0 saturated carbocycles. The molecule has 0 saturated heterocycles. The first kappa shape index (κ1) is 15.1. The fourth-order valence-electron chi connectivity index (χ4n) is 1.74. The zero-order valence-corrected chi connectivity index (χ0v) is 11.8. The van der Waals surface area contributed by atoms with Gasteiger partial charge in [0.05, 0.1) is 5.02 Å². The molecule has 0 aliphatic carbocycles. The molecule has 2 rings (SSSR count). The number of hydrogen-bond donors (Lipinski definition) is 2. The van der Waals surface area contributed by atoms with Crippen molar-refractivity contribution in [3.8, 4) is 5.75 Å². The summed E-state index contributed by atoms with van der Waals surface area (Å²) in [6, 6.07) is 11.7. The van der Waals surface area contributed by atoms with E-state index in [1.54, 1.807) is 18.2 Å². The van der Waals surface area contributed by atoms with Gasteiger partial charge in [-0.1, -0.05) is 35.0 Å². The fraction of sp³-hybridized carbons (Fsp3) is 0.133. The number of ether oxygens (including phenoxy) is 1. The normalized spacial score (nSPS) is 11.4. The third-order valence-corrected chi connectivity index (χ3v) is 3.13. The van der Waals surface area contributed by atoms with Gasteiger partial charge < -0.3 is 15.7 Å². The predicted octanol–water partition coefficient (Wildman–Crippen LogP) is 3.35. The van der Waals surface area contributed by atoms with Crippen molar-refractivity contribution >= 4 is 17.4 Å². The summed E-state index contributed by atoms with van der Waals surface area (Å²) < 4.78 is 18.8. The first-order valence-electron chi connectivity index (χ1n) is 6.20. The van der Waals surface area contributed by atoms with Crippen LogP contribution in [-0.4, -0.2) is 11.0 Å². The first-order chi connectivity index (χ1) is 10.1. The van der Waals surface area contributed by atoms with Crippen LogP contribution in [0.4, 0.5) is 4.39 Å². The van der Waals surface area contributed by atoms with Crippen molar-refractivity contribution in [3.05, 3.63) is 64.4 Å². The predicted molar refractivity (Wildman–Crippen MR) is 79.3 cm³/mol. The Labute approximate surface area is 126 Å². The maximum Gasteiger partial charge on any atom is 0.143 e. The molecule has 0 aromatic heterocycles. The smallest absolute Gasteiger partial charge is 0.143 e. The summed E-state index contributed by atoms with van der Waals surface area (Å²) in [6.07, 6.45) is 0.360. The van der Waals surface area contributed by atoms with E-state index < -0.39 is 5.82 Å². The van der Waals surface area contributed by atoms with Crippen molar-refractivity contribution < 1.29 is 14.3 Å². The number of benzene rings is 2. The molecule has 110 valence electrons. The molecule has 2 aromatic carbocycles. The largest absolute Gasteiger partial charge is 0.489 e. The Kier molecular flexibility index (Phi) is 5.00. The number of nitrogens with zero attached hydrogens (tertiary/aromatic N) is 1. The molecule has 21 heavy (non-hydrogen) atoms. The van der Waals surface area contributed by atoms with Crippen LogP contribution in [0.3, 0.4) is 0 Å². The van der Waals surface area contributed by atoms with E-state index in [4.69, 9.17) is 27.3 Å². The molecule has 0 fully saturated rings. The van der Waals surface area contributed by atoms with Crippen molar-refractivity contribution in [2.24, 2.45) is 10.9 Å². The van der Waals surface area contributed by atoms with E-state index in [0.29, 0.717) is 17.7 Å². The number of rotatable bonds is 5. The van der Waals surface area contributed by atoms with Gasteiger partial charge in [0.2, 0.25) is 0 Å². The topological polar surface area (TPSA) is 67.8 Å². The van der Waals surface area contributed by atoms with Crippen LogP contribution in [0.25, 0.3) is 0 Å². The third-order valence-electron chi connectivity index (χ3n) is 2.83. The number of nitrogens with two attached hydrogens (primary N) is 1. The minimum absolute atomic E-state index is 0.0891. The highest BCUT2D eigenvalue weighted by Gasteiger charge is 2.03. The molecule has 6 heteroatoms. The quantitative estimate of drug-likeness (QED) is 0.385. The van der Waals surface area contributed by atoms with Crippen LogP contribution in [0.5, 0.6) is 5.75 Å². The lowest BCUT2D eigenvalue weighted by molar-refractivity contribution is 0.305. The molecule has 0 aliphatic heterocycles. The first-order valence-corrected chi connectivity index (χ1v) is 6.58. The Morgan fingerprint density at radius 2 is 1.86 bits per heavy atom. The standard InChI is InChI=1S/C15H14ClFN2O2/c16-13-6-3-11(7-14(13)17)9-21-12-4-1-10(2-5-12)8-15(18)19-20/h1-7,20H,8-9H2,(H2,18,19). The Balaban J connectivity index is 1.95. The third kappa shape index (κ3) is 4.36. The van der Waals surface area contributed by atoms with E-state index >= 15 is 0 Å². The van der Waals surface area contributed by atoms with Crippen LogP contribution in [0.15, 0.2) is 47.6 Å². The van der Waals surface area contributed by atoms with Crippen LogP contribution in [0, 0.1) is 5.82 Å². The summed E-state index contributed by atoms with van der Waals surface area (Å²) in [5.74, 6) is 0.320. The highest BCUT2D eigenvalue weighted by atomic mass is 35.5. The Bertz CT molecular complexity index is 645. The van der Waals surface area contributed by atoms with Gasteiger partial charge in [-0.15, -0.1) is 0 Å². The van der Waals surface area contributed by atoms with E-state index in [0.717, 1.165) is 5.56 Å². The van der Waals surface area contributed by atoms with E-state index in [2.05, 4.69) is 5.16 Å². The summed E-state index contributed by atoms with van der Waals surface area (Å²) in [5, 5.41) is 11.5. The lowest BCUT2D eigenvalue weighted by Crippen LogP contribution is -2.14. The van der Waals surface area contributed by atoms with Crippen molar-refractivity contribution in [1.29, 1.82) is 0 Å². The van der Waals surface area contributed by atoms with Gasteiger partial charge in [0.1, 0.15) is 24.0 Å². The molecule has 4 nitrogen and oxygen atoms in total. The van der Waals surface area contributed by atoms with E-state index in [1.807, 2.05) is 12.1 Å². The maximum atomic E-state index is 13.3. The second-order valence-corrected chi connectivity index (χ2v) is 4.86. The summed E-state index contributed by atoms with van der Waals surface area (Å²) in [4.78, 5) is 0. The molecule has 0 aliphatic rings. The number of oxime groups is 1. The molecule has 0 bridgehead atoms. The molecular formula is C15H14ClFN2O2. The van der Waals surface area contributed by atoms with Gasteiger partial charge in [0, 0.05) is 6.42 Å². The van der Waals surface area contributed by atoms with Crippen LogP contribution >= 0.6 is 11.6 Å². The lowest BCUT2D eigenvalue weighted by atomic mass is 10.1. The molecule has 0 amide bonds. The summed E-state index contributed by atoms with van der Waals surface area (Å²) in [5.41, 5.74) is 7.02. The minimum Gasteiger partial charge on any atom is -0.489 e. The summed E-state index contributed by atoms with van der Waals surface area (Å²) in [7, 11) is 0. The average Bonchev–Trinajstić information content (AvgIpc) is 2.50. The SMILES string of the molecule is N/C(Cc1ccc(OCc2ccc(Cl)c(F)c2)cc1)=N/O. The molecule has 2 aromatic rings. The van der Waals surface area contributed by atoms with Crippen molar-refractivity contribution in [2.75, 3.05) is 0 Å². The summed E-state index contributed by atoms with van der Waals surface area (Å²) >= 11 is 5.62. The second-order valence-electron chi connectivity index (χ2n) is 4.45. The average molecular weight is 309 g/mol. The Hall–Kier alpha value is -2.27. The highest BCUT2D eigenvalue weighted by molar-refractivity contribution is 6.30. The highest BCUT2D eigenvalue weighted by Crippen LogP contribution is 2.18. The molecule has 0 radical (unpaired) electrons. The van der Waals surface area contributed by atoms with E-state index in [-0.39, 0.29) is 17.5 Å². The van der Waals surface area contributed by atoms with Crippen LogP contribution in [-0.2, 0) is 13.0 Å². The van der Waals surface area contributed by atoms with Crippen LogP contribution in [0.2, 0.25) is 5.02 Å². The van der Waals surface area contributed by atoms with E-state index in [1.165, 1.54) is 12.1 Å². The zero-order chi connectivity index (χ0) is 15.2. The van der Waals surface area contributed by atoms with Crippen molar-refractivity contribution in [1.82, 2.24) is 0 Å². The van der Waals surface area contributed by atoms with E-state index in [9.17, 15) is 4.39 Å². The Morgan fingerprint density at radius 3 is 2.48 bits per heavy atom. The lowest BCUT2D eigenvalue weighted by Gasteiger charge is -2.08. The van der Waals surface area contributed by atoms with Gasteiger partial charge in [-0.2, -0.15) is 0 Å². The van der Waals surface area contributed by atoms with Gasteiger partial charge in [0.15, 0.2) is 0 Å². The molecule has 3 N–H and O–H groups in total. The molecule has 0 atom stereocenters. The van der Waals surface area contributed by atoms with Gasteiger partial charge in [-0.25, -0.2) is 4.39 Å². The van der Waals surface area contributed by atoms with Gasteiger partial charge in [-0.05, 0) is 35.4 Å². The van der Waals surface area contributed by atoms with Gasteiger partial charge in [-0.3, -0.25) is 0 Å². The summed E-state index contributed by atoms with van der Waals surface area (Å²) in [6.45, 7) is 0.244. The zero-order valence-electron chi connectivity index (χ0n) is 11.1. The molecule has 0 unspecified atom stereocenters. The molecule has 0 spiro atoms. The Morgan fingerprint density at radius 1 is 1.19 bits per heavy atom. The van der Waals surface area contributed by atoms with Gasteiger partial charge >= 0.3 is 0 Å². The molecule has 0 heterocycles. The fourth-order valence-corrected chi connectivity index (χ4v) is 1.86. The minimum atomic E-state index is -0.466. The van der Waals surface area contributed by atoms with Crippen molar-refractivity contribution in [3.63, 3.8) is 0 Å². The second kappa shape index (κ2) is 6.95. The number of amidine groups is 1. The van der Waals surface area contributed by atoms with Crippen LogP contribution in [0.1, 0.15) is 11.1 Å². The van der Waals surface area contributed by atoms with Crippen LogP contribution < -0.4 is 10.5 Å². The number of hydrogen-bond acceptors (Lipinski definition) is 3.